The van der Waals surface area contributed by atoms with Crippen molar-refractivity contribution in [2.24, 2.45) is 0 Å². The number of amides is 1. The molecule has 0 aliphatic carbocycles. The second kappa shape index (κ2) is 7.17. The summed E-state index contributed by atoms with van der Waals surface area (Å²) in [6.45, 7) is -0.420. The van der Waals surface area contributed by atoms with Crippen molar-refractivity contribution in [2.45, 2.75) is 4.90 Å². The van der Waals surface area contributed by atoms with E-state index in [0.717, 1.165) is 32.9 Å². The van der Waals surface area contributed by atoms with Crippen LogP contribution in [0.3, 0.4) is 0 Å². The van der Waals surface area contributed by atoms with Gasteiger partial charge in [0.15, 0.2) is 0 Å². The van der Waals surface area contributed by atoms with Crippen molar-refractivity contribution in [2.75, 3.05) is 19.9 Å². The molecule has 0 spiro atoms. The molecule has 1 fully saturated rings. The summed E-state index contributed by atoms with van der Waals surface area (Å²) < 4.78 is 5.56. The molecule has 1 aliphatic rings. The quantitative estimate of drug-likeness (QED) is 0.495. The first-order valence-electron chi connectivity index (χ1n) is 6.15. The largest absolute Gasteiger partial charge is 0.496 e. The Hall–Kier alpha value is -1.51. The Morgan fingerprint density at radius 1 is 1.55 bits per heavy atom. The van der Waals surface area contributed by atoms with Crippen molar-refractivity contribution >= 4 is 58.0 Å². The van der Waals surface area contributed by atoms with Gasteiger partial charge in [0.1, 0.15) is 16.6 Å². The third-order valence-electron chi connectivity index (χ3n) is 2.87. The summed E-state index contributed by atoms with van der Waals surface area (Å²) in [4.78, 5) is 25.4. The van der Waals surface area contributed by atoms with Crippen LogP contribution in [0.1, 0.15) is 5.56 Å². The smallest absolute Gasteiger partial charge is 0.323 e. The molecule has 0 unspecified atom stereocenters. The Morgan fingerprint density at radius 3 is 2.86 bits per heavy atom. The van der Waals surface area contributed by atoms with E-state index in [1.165, 1.54) is 0 Å². The summed E-state index contributed by atoms with van der Waals surface area (Å²) >= 11 is 7.72. The number of thioether (sulfide) groups is 2. The molecule has 1 N–H and O–H groups in total. The molecule has 0 bridgehead atoms. The van der Waals surface area contributed by atoms with E-state index in [9.17, 15) is 9.59 Å². The van der Waals surface area contributed by atoms with E-state index in [1.54, 1.807) is 24.9 Å². The normalized spacial score (nSPS) is 16.5. The molecule has 1 heterocycles. The lowest BCUT2D eigenvalue weighted by Gasteiger charge is -2.10. The molecule has 1 aromatic rings. The molecule has 8 heteroatoms. The summed E-state index contributed by atoms with van der Waals surface area (Å²) in [5.41, 5.74) is 0.797. The lowest BCUT2D eigenvalue weighted by molar-refractivity contribution is -0.140. The number of ether oxygens (including phenoxy) is 1. The van der Waals surface area contributed by atoms with Crippen LogP contribution in [0, 0.1) is 0 Å². The van der Waals surface area contributed by atoms with Crippen molar-refractivity contribution in [1.29, 1.82) is 0 Å². The average Bonchev–Trinajstić information content (AvgIpc) is 2.74. The van der Waals surface area contributed by atoms with Crippen molar-refractivity contribution in [3.8, 4) is 5.75 Å². The molecule has 1 saturated heterocycles. The lowest BCUT2D eigenvalue weighted by Crippen LogP contribution is -2.33. The van der Waals surface area contributed by atoms with Crippen molar-refractivity contribution in [3.63, 3.8) is 0 Å². The molecule has 0 atom stereocenters. The van der Waals surface area contributed by atoms with E-state index in [-0.39, 0.29) is 10.2 Å². The highest BCUT2D eigenvalue weighted by atomic mass is 32.2. The number of carbonyl (C=O) groups excluding carboxylic acids is 1. The van der Waals surface area contributed by atoms with E-state index in [0.29, 0.717) is 4.91 Å². The Morgan fingerprint density at radius 2 is 2.27 bits per heavy atom. The molecule has 1 aliphatic heterocycles. The van der Waals surface area contributed by atoms with Crippen LogP contribution in [0.2, 0.25) is 0 Å². The van der Waals surface area contributed by atoms with Crippen LogP contribution in [0.15, 0.2) is 28.0 Å². The number of carbonyl (C=O) groups is 2. The molecule has 22 heavy (non-hydrogen) atoms. The van der Waals surface area contributed by atoms with Gasteiger partial charge in [0, 0.05) is 4.90 Å². The average molecular weight is 355 g/mol. The number of benzene rings is 1. The minimum Gasteiger partial charge on any atom is -0.496 e. The number of hydrogen-bond acceptors (Lipinski definition) is 6. The van der Waals surface area contributed by atoms with Gasteiger partial charge in [-0.2, -0.15) is 0 Å². The number of hydrogen-bond donors (Lipinski definition) is 1. The van der Waals surface area contributed by atoms with Crippen LogP contribution >= 0.6 is 35.7 Å². The maximum Gasteiger partial charge on any atom is 0.323 e. The van der Waals surface area contributed by atoms with Crippen molar-refractivity contribution in [3.05, 3.63) is 28.7 Å². The fraction of sp³-hybridized carbons (Fsp3) is 0.214. The van der Waals surface area contributed by atoms with Crippen molar-refractivity contribution < 1.29 is 19.4 Å². The minimum absolute atomic E-state index is 0.256. The number of methoxy groups -OCH3 is 1. The number of thiocarbonyl (C=S) groups is 1. The number of carboxylic acid groups (broad SMARTS) is 1. The summed E-state index contributed by atoms with van der Waals surface area (Å²) in [5, 5.41) is 8.81. The molecular weight excluding hydrogens is 342 g/mol. The molecule has 0 saturated carbocycles. The first-order valence-corrected chi connectivity index (χ1v) is 8.60. The molecule has 2 rings (SSSR count). The summed E-state index contributed by atoms with van der Waals surface area (Å²) in [6, 6.07) is 5.61. The fourth-order valence-electron chi connectivity index (χ4n) is 1.87. The van der Waals surface area contributed by atoms with Gasteiger partial charge in [-0.1, -0.05) is 30.0 Å². The number of carboxylic acids is 1. The third kappa shape index (κ3) is 3.63. The molecular formula is C14H13NO4S3. The van der Waals surface area contributed by atoms with Crippen molar-refractivity contribution in [1.82, 2.24) is 4.90 Å². The molecule has 0 radical (unpaired) electrons. The van der Waals surface area contributed by atoms with Gasteiger partial charge in [0.2, 0.25) is 0 Å². The highest BCUT2D eigenvalue weighted by Gasteiger charge is 2.33. The zero-order chi connectivity index (χ0) is 16.3. The van der Waals surface area contributed by atoms with Crippen LogP contribution in [0.4, 0.5) is 0 Å². The second-order valence-electron chi connectivity index (χ2n) is 4.28. The number of rotatable bonds is 5. The molecule has 1 amide bonds. The summed E-state index contributed by atoms with van der Waals surface area (Å²) in [5.74, 6) is -0.754. The SMILES string of the molecule is COc1cc(/C=C2/SC(=S)N(CC(=O)O)C2=O)ccc1SC. The van der Waals surface area contributed by atoms with Gasteiger partial charge < -0.3 is 9.84 Å². The standard InChI is InChI=1S/C14H13NO4S3/c1-19-9-5-8(3-4-10(9)21-2)6-11-13(18)15(7-12(16)17)14(20)22-11/h3-6H,7H2,1-2H3,(H,16,17)/b11-6+. The lowest BCUT2D eigenvalue weighted by atomic mass is 10.2. The second-order valence-corrected chi connectivity index (χ2v) is 6.80. The first-order chi connectivity index (χ1) is 10.5. The van der Waals surface area contributed by atoms with Crippen LogP contribution < -0.4 is 4.74 Å². The molecule has 116 valence electrons. The maximum absolute atomic E-state index is 12.2. The van der Waals surface area contributed by atoms with E-state index in [1.807, 2.05) is 24.5 Å². The van der Waals surface area contributed by atoms with Gasteiger partial charge in [-0.05, 0) is 30.0 Å². The Bertz CT molecular complexity index is 672. The van der Waals surface area contributed by atoms with Gasteiger partial charge >= 0.3 is 5.97 Å². The maximum atomic E-state index is 12.2. The zero-order valence-electron chi connectivity index (χ0n) is 11.9. The van der Waals surface area contributed by atoms with E-state index in [4.69, 9.17) is 22.1 Å². The van der Waals surface area contributed by atoms with Crippen LogP contribution in [0.5, 0.6) is 5.75 Å². The van der Waals surface area contributed by atoms with E-state index in [2.05, 4.69) is 0 Å². The predicted octanol–water partition coefficient (Wildman–Crippen LogP) is 2.70. The zero-order valence-corrected chi connectivity index (χ0v) is 14.3. The molecule has 0 aromatic heterocycles. The highest BCUT2D eigenvalue weighted by molar-refractivity contribution is 8.26. The minimum atomic E-state index is -1.09. The van der Waals surface area contributed by atoms with E-state index < -0.39 is 12.5 Å². The van der Waals surface area contributed by atoms with Gasteiger partial charge in [-0.15, -0.1) is 11.8 Å². The first kappa shape index (κ1) is 16.9. The summed E-state index contributed by atoms with van der Waals surface area (Å²) in [7, 11) is 1.59. The van der Waals surface area contributed by atoms with E-state index >= 15 is 0 Å². The molecule has 5 nitrogen and oxygen atoms in total. The predicted molar refractivity (Wildman–Crippen MR) is 92.3 cm³/mol. The third-order valence-corrected chi connectivity index (χ3v) is 5.03. The van der Waals surface area contributed by atoms with Gasteiger partial charge in [0.05, 0.1) is 12.0 Å². The van der Waals surface area contributed by atoms with Crippen LogP contribution in [-0.4, -0.2) is 46.1 Å². The fourth-order valence-corrected chi connectivity index (χ4v) is 3.67. The van der Waals surface area contributed by atoms with Crippen LogP contribution in [0.25, 0.3) is 6.08 Å². The monoisotopic (exact) mass is 355 g/mol. The number of aliphatic carboxylic acids is 1. The highest BCUT2D eigenvalue weighted by Crippen LogP contribution is 2.34. The van der Waals surface area contributed by atoms with Crippen LogP contribution in [-0.2, 0) is 9.59 Å². The summed E-state index contributed by atoms with van der Waals surface area (Å²) in [6.07, 6.45) is 3.64. The number of nitrogens with zero attached hydrogens (tertiary/aromatic N) is 1. The van der Waals surface area contributed by atoms with Gasteiger partial charge in [-0.25, -0.2) is 0 Å². The van der Waals surface area contributed by atoms with Gasteiger partial charge in [0.25, 0.3) is 5.91 Å². The topological polar surface area (TPSA) is 66.8 Å². The Labute approximate surface area is 141 Å². The van der Waals surface area contributed by atoms with Gasteiger partial charge in [-0.3, -0.25) is 14.5 Å². The Kier molecular flexibility index (Phi) is 5.49. The Balaban J connectivity index is 2.28. The molecule has 1 aromatic carbocycles.